The minimum Gasteiger partial charge on any atom is -0.488 e. The molecule has 158 valence electrons. The van der Waals surface area contributed by atoms with Gasteiger partial charge in [-0.25, -0.2) is 5.43 Å². The maximum absolute atomic E-state index is 11.8. The van der Waals surface area contributed by atoms with Gasteiger partial charge in [0.25, 0.3) is 0 Å². The van der Waals surface area contributed by atoms with Crippen LogP contribution in [0.4, 0.5) is 0 Å². The standard InChI is InChI=1S/C21H21BrClN3O4/c22-17-10-14(7-8-19(17)30-13-15-4-1-2-6-18(15)23)11-25-26-21(28)20(27)24-12-16-5-3-9-29-16/h1-2,4,6-8,10-11,16H,3,5,9,12-13H2,(H,24,27)(H,26,28)/b25-11-/t16-/m0/s1. The molecule has 1 saturated heterocycles. The molecule has 1 aliphatic rings. The second-order valence-corrected chi connectivity index (χ2v) is 7.88. The molecule has 2 N–H and O–H groups in total. The number of hydrogen-bond acceptors (Lipinski definition) is 5. The summed E-state index contributed by atoms with van der Waals surface area (Å²) in [6.45, 7) is 1.35. The Morgan fingerprint density at radius 1 is 1.27 bits per heavy atom. The summed E-state index contributed by atoms with van der Waals surface area (Å²) in [5.41, 5.74) is 3.81. The van der Waals surface area contributed by atoms with Gasteiger partial charge >= 0.3 is 11.8 Å². The van der Waals surface area contributed by atoms with Crippen LogP contribution in [0.2, 0.25) is 5.02 Å². The number of ether oxygens (including phenoxy) is 2. The Labute approximate surface area is 187 Å². The molecule has 0 aromatic heterocycles. The molecule has 3 rings (SSSR count). The largest absolute Gasteiger partial charge is 0.488 e. The van der Waals surface area contributed by atoms with Crippen LogP contribution in [0.25, 0.3) is 0 Å². The number of rotatable bonds is 7. The Morgan fingerprint density at radius 3 is 2.83 bits per heavy atom. The van der Waals surface area contributed by atoms with Crippen molar-refractivity contribution in [3.63, 3.8) is 0 Å². The van der Waals surface area contributed by atoms with Gasteiger partial charge in [-0.2, -0.15) is 5.10 Å². The first-order valence-electron chi connectivity index (χ1n) is 9.41. The van der Waals surface area contributed by atoms with E-state index in [2.05, 4.69) is 31.8 Å². The molecule has 0 saturated carbocycles. The van der Waals surface area contributed by atoms with Gasteiger partial charge in [0, 0.05) is 23.7 Å². The second-order valence-electron chi connectivity index (χ2n) is 6.61. The lowest BCUT2D eigenvalue weighted by Crippen LogP contribution is -2.41. The van der Waals surface area contributed by atoms with Crippen molar-refractivity contribution in [3.05, 3.63) is 63.1 Å². The molecular formula is C21H21BrClN3O4. The van der Waals surface area contributed by atoms with E-state index in [0.29, 0.717) is 36.1 Å². The molecule has 30 heavy (non-hydrogen) atoms. The smallest absolute Gasteiger partial charge is 0.329 e. The maximum atomic E-state index is 11.8. The van der Waals surface area contributed by atoms with E-state index in [0.717, 1.165) is 22.9 Å². The van der Waals surface area contributed by atoms with E-state index < -0.39 is 11.8 Å². The molecule has 9 heteroatoms. The minimum atomic E-state index is -0.831. The summed E-state index contributed by atoms with van der Waals surface area (Å²) in [5.74, 6) is -0.931. The zero-order chi connectivity index (χ0) is 21.3. The third kappa shape index (κ3) is 6.55. The van der Waals surface area contributed by atoms with Gasteiger partial charge in [0.1, 0.15) is 12.4 Å². The molecule has 0 unspecified atom stereocenters. The number of carbonyl (C=O) groups is 2. The Morgan fingerprint density at radius 2 is 2.10 bits per heavy atom. The molecule has 2 aromatic rings. The fourth-order valence-electron chi connectivity index (χ4n) is 2.79. The van der Waals surface area contributed by atoms with Crippen LogP contribution in [0.1, 0.15) is 24.0 Å². The first-order chi connectivity index (χ1) is 14.5. The van der Waals surface area contributed by atoms with Gasteiger partial charge in [-0.3, -0.25) is 9.59 Å². The van der Waals surface area contributed by atoms with Crippen molar-refractivity contribution in [3.8, 4) is 5.75 Å². The van der Waals surface area contributed by atoms with Crippen molar-refractivity contribution in [1.29, 1.82) is 0 Å². The molecule has 0 radical (unpaired) electrons. The Balaban J connectivity index is 1.47. The predicted octanol–water partition coefficient (Wildman–Crippen LogP) is 3.43. The Hall–Kier alpha value is -2.42. The highest BCUT2D eigenvalue weighted by molar-refractivity contribution is 9.10. The molecule has 1 heterocycles. The summed E-state index contributed by atoms with van der Waals surface area (Å²) < 4.78 is 11.9. The summed E-state index contributed by atoms with van der Waals surface area (Å²) in [4.78, 5) is 23.6. The summed E-state index contributed by atoms with van der Waals surface area (Å²) in [6.07, 6.45) is 3.26. The Bertz CT molecular complexity index is 932. The van der Waals surface area contributed by atoms with Crippen molar-refractivity contribution in [2.75, 3.05) is 13.2 Å². The number of nitrogens with zero attached hydrogens (tertiary/aromatic N) is 1. The maximum Gasteiger partial charge on any atom is 0.329 e. The molecule has 2 aromatic carbocycles. The van der Waals surface area contributed by atoms with Crippen molar-refractivity contribution in [2.45, 2.75) is 25.6 Å². The summed E-state index contributed by atoms with van der Waals surface area (Å²) >= 11 is 9.59. The minimum absolute atomic E-state index is 0.0266. The lowest BCUT2D eigenvalue weighted by molar-refractivity contribution is -0.139. The summed E-state index contributed by atoms with van der Waals surface area (Å²) in [5, 5.41) is 7.01. The number of nitrogens with one attached hydrogen (secondary N) is 2. The van der Waals surface area contributed by atoms with E-state index in [1.807, 2.05) is 24.3 Å². The average Bonchev–Trinajstić information content (AvgIpc) is 3.26. The Kier molecular flexibility index (Phi) is 8.24. The molecule has 0 spiro atoms. The van der Waals surface area contributed by atoms with E-state index in [1.165, 1.54) is 6.21 Å². The van der Waals surface area contributed by atoms with Gasteiger partial charge in [0.15, 0.2) is 0 Å². The van der Waals surface area contributed by atoms with Crippen molar-refractivity contribution in [1.82, 2.24) is 10.7 Å². The summed E-state index contributed by atoms with van der Waals surface area (Å²) in [7, 11) is 0. The van der Waals surface area contributed by atoms with Crippen LogP contribution < -0.4 is 15.5 Å². The highest BCUT2D eigenvalue weighted by Crippen LogP contribution is 2.27. The van der Waals surface area contributed by atoms with Crippen LogP contribution in [-0.2, 0) is 20.9 Å². The van der Waals surface area contributed by atoms with Gasteiger partial charge < -0.3 is 14.8 Å². The second kappa shape index (κ2) is 11.1. The van der Waals surface area contributed by atoms with Gasteiger partial charge in [0.05, 0.1) is 16.8 Å². The van der Waals surface area contributed by atoms with E-state index in [1.54, 1.807) is 18.2 Å². The molecular weight excluding hydrogens is 474 g/mol. The molecule has 0 aliphatic carbocycles. The highest BCUT2D eigenvalue weighted by atomic mass is 79.9. The van der Waals surface area contributed by atoms with Gasteiger partial charge in [-0.15, -0.1) is 0 Å². The first-order valence-corrected chi connectivity index (χ1v) is 10.6. The van der Waals surface area contributed by atoms with E-state index >= 15 is 0 Å². The molecule has 1 aliphatic heterocycles. The molecule has 2 amide bonds. The van der Waals surface area contributed by atoms with Crippen molar-refractivity contribution in [2.24, 2.45) is 5.10 Å². The molecule has 0 bridgehead atoms. The van der Waals surface area contributed by atoms with Crippen molar-refractivity contribution < 1.29 is 19.1 Å². The van der Waals surface area contributed by atoms with Crippen LogP contribution in [0.3, 0.4) is 0 Å². The van der Waals surface area contributed by atoms with Gasteiger partial charge in [0.2, 0.25) is 0 Å². The number of carbonyl (C=O) groups excluding carboxylic acids is 2. The summed E-state index contributed by atoms with van der Waals surface area (Å²) in [6, 6.07) is 12.8. The highest BCUT2D eigenvalue weighted by Gasteiger charge is 2.18. The van der Waals surface area contributed by atoms with Gasteiger partial charge in [-0.1, -0.05) is 29.8 Å². The number of hydrogen-bond donors (Lipinski definition) is 2. The zero-order valence-electron chi connectivity index (χ0n) is 16.1. The topological polar surface area (TPSA) is 89.0 Å². The normalized spacial score (nSPS) is 15.9. The first kappa shape index (κ1) is 22.3. The van der Waals surface area contributed by atoms with Crippen LogP contribution >= 0.6 is 27.5 Å². The molecule has 1 fully saturated rings. The van der Waals surface area contributed by atoms with E-state index in [9.17, 15) is 9.59 Å². The number of hydrazone groups is 1. The van der Waals surface area contributed by atoms with E-state index in [4.69, 9.17) is 21.1 Å². The average molecular weight is 495 g/mol. The SMILES string of the molecule is O=C(NC[C@@H]1CCCO1)C(=O)N/N=C\c1ccc(OCc2ccccc2Cl)c(Br)c1. The number of benzene rings is 2. The fourth-order valence-corrected chi connectivity index (χ4v) is 3.49. The monoisotopic (exact) mass is 493 g/mol. The van der Waals surface area contributed by atoms with E-state index in [-0.39, 0.29) is 6.10 Å². The van der Waals surface area contributed by atoms with Crippen LogP contribution in [-0.4, -0.2) is 37.3 Å². The van der Waals surface area contributed by atoms with Crippen LogP contribution in [0.15, 0.2) is 52.0 Å². The number of halogens is 2. The lowest BCUT2D eigenvalue weighted by atomic mass is 10.2. The van der Waals surface area contributed by atoms with Crippen molar-refractivity contribution >= 4 is 45.6 Å². The quantitative estimate of drug-likeness (QED) is 0.351. The fraction of sp³-hybridized carbons (Fsp3) is 0.286. The zero-order valence-corrected chi connectivity index (χ0v) is 18.4. The predicted molar refractivity (Wildman–Crippen MR) is 118 cm³/mol. The third-order valence-corrected chi connectivity index (χ3v) is 5.39. The molecule has 1 atom stereocenters. The lowest BCUT2D eigenvalue weighted by Gasteiger charge is -2.10. The molecule has 7 nitrogen and oxygen atoms in total. The third-order valence-electron chi connectivity index (χ3n) is 4.40. The van der Waals surface area contributed by atoms with Gasteiger partial charge in [-0.05, 0) is 58.6 Å². The number of amides is 2. The van der Waals surface area contributed by atoms with Crippen LogP contribution in [0.5, 0.6) is 5.75 Å². The van der Waals surface area contributed by atoms with Crippen LogP contribution in [0, 0.1) is 0 Å².